The average Bonchev–Trinajstić information content (AvgIpc) is 2.47. The molecule has 0 radical (unpaired) electrons. The van der Waals surface area contributed by atoms with Gasteiger partial charge in [-0.1, -0.05) is 18.5 Å². The summed E-state index contributed by atoms with van der Waals surface area (Å²) >= 11 is 6.00. The molecule has 2 N–H and O–H groups in total. The molecule has 0 bridgehead atoms. The van der Waals surface area contributed by atoms with Gasteiger partial charge in [-0.15, -0.1) is 0 Å². The molecule has 0 aromatic carbocycles. The van der Waals surface area contributed by atoms with Crippen LogP contribution in [-0.4, -0.2) is 51.0 Å². The maximum Gasteiger partial charge on any atom is 0.242 e. The second kappa shape index (κ2) is 6.91. The van der Waals surface area contributed by atoms with Crippen LogP contribution in [-0.2, 0) is 10.0 Å². The lowest BCUT2D eigenvalue weighted by Gasteiger charge is -2.32. The molecule has 1 atom stereocenters. The van der Waals surface area contributed by atoms with Crippen LogP contribution < -0.4 is 10.0 Å². The van der Waals surface area contributed by atoms with Gasteiger partial charge in [0, 0.05) is 25.8 Å². The van der Waals surface area contributed by atoms with E-state index in [-0.39, 0.29) is 10.9 Å². The minimum atomic E-state index is -3.59. The van der Waals surface area contributed by atoms with Gasteiger partial charge in [0.25, 0.3) is 0 Å². The number of pyridine rings is 1. The Kier molecular flexibility index (Phi) is 5.43. The van der Waals surface area contributed by atoms with Crippen LogP contribution in [0.3, 0.4) is 0 Å². The molecule has 0 saturated carbocycles. The number of nitrogens with zero attached hydrogens (tertiary/aromatic N) is 2. The van der Waals surface area contributed by atoms with E-state index in [2.05, 4.69) is 26.8 Å². The van der Waals surface area contributed by atoms with E-state index in [9.17, 15) is 8.42 Å². The van der Waals surface area contributed by atoms with Crippen molar-refractivity contribution in [1.82, 2.24) is 14.6 Å². The zero-order valence-electron chi connectivity index (χ0n) is 12.3. The van der Waals surface area contributed by atoms with Crippen LogP contribution in [0.2, 0.25) is 5.02 Å². The maximum atomic E-state index is 12.4. The number of halogens is 1. The summed E-state index contributed by atoms with van der Waals surface area (Å²) in [6, 6.07) is 1.36. The van der Waals surface area contributed by atoms with Crippen molar-refractivity contribution in [3.05, 3.63) is 17.3 Å². The highest BCUT2D eigenvalue weighted by molar-refractivity contribution is 7.89. The molecule has 0 amide bonds. The van der Waals surface area contributed by atoms with Crippen LogP contribution >= 0.6 is 11.6 Å². The molecule has 118 valence electrons. The number of piperidine rings is 1. The van der Waals surface area contributed by atoms with Crippen LogP contribution in [0.25, 0.3) is 0 Å². The third-order valence-electron chi connectivity index (χ3n) is 3.64. The van der Waals surface area contributed by atoms with E-state index in [4.69, 9.17) is 11.6 Å². The molecule has 1 fully saturated rings. The monoisotopic (exact) mass is 332 g/mol. The molecule has 8 heteroatoms. The van der Waals surface area contributed by atoms with Crippen molar-refractivity contribution in [2.24, 2.45) is 0 Å². The number of hydrogen-bond donors (Lipinski definition) is 2. The van der Waals surface area contributed by atoms with Crippen molar-refractivity contribution < 1.29 is 8.42 Å². The number of aromatic nitrogens is 1. The van der Waals surface area contributed by atoms with E-state index >= 15 is 0 Å². The first-order valence-electron chi connectivity index (χ1n) is 7.04. The van der Waals surface area contributed by atoms with E-state index in [1.807, 2.05) is 0 Å². The highest BCUT2D eigenvalue weighted by atomic mass is 35.5. The van der Waals surface area contributed by atoms with Crippen molar-refractivity contribution in [3.8, 4) is 0 Å². The standard InChI is InChI=1S/C13H21ClN4O2S/c1-3-18-6-4-5-10(9-18)17-21(19,20)11-7-12(14)13(15-2)16-8-11/h7-8,10,17H,3-6,9H2,1-2H3,(H,15,16). The first-order valence-corrected chi connectivity index (χ1v) is 8.90. The van der Waals surface area contributed by atoms with Gasteiger partial charge in [-0.25, -0.2) is 18.1 Å². The second-order valence-corrected chi connectivity index (χ2v) is 7.23. The van der Waals surface area contributed by atoms with Crippen molar-refractivity contribution >= 4 is 27.4 Å². The summed E-state index contributed by atoms with van der Waals surface area (Å²) in [7, 11) is -1.91. The quantitative estimate of drug-likeness (QED) is 0.855. The minimum Gasteiger partial charge on any atom is -0.372 e. The van der Waals surface area contributed by atoms with Crippen molar-refractivity contribution in [3.63, 3.8) is 0 Å². The normalized spacial score (nSPS) is 20.4. The van der Waals surface area contributed by atoms with Crippen LogP contribution in [0.5, 0.6) is 0 Å². The van der Waals surface area contributed by atoms with Crippen LogP contribution in [0.15, 0.2) is 17.2 Å². The highest BCUT2D eigenvalue weighted by Crippen LogP contribution is 2.22. The molecule has 1 unspecified atom stereocenters. The van der Waals surface area contributed by atoms with E-state index in [1.54, 1.807) is 7.05 Å². The largest absolute Gasteiger partial charge is 0.372 e. The van der Waals surface area contributed by atoms with Crippen molar-refractivity contribution in [2.45, 2.75) is 30.7 Å². The van der Waals surface area contributed by atoms with E-state index in [0.717, 1.165) is 32.5 Å². The molecule has 1 aromatic rings. The van der Waals surface area contributed by atoms with E-state index < -0.39 is 10.0 Å². The fourth-order valence-electron chi connectivity index (χ4n) is 2.48. The maximum absolute atomic E-state index is 12.4. The fraction of sp³-hybridized carbons (Fsp3) is 0.615. The smallest absolute Gasteiger partial charge is 0.242 e. The first-order chi connectivity index (χ1) is 9.96. The summed E-state index contributed by atoms with van der Waals surface area (Å²) in [4.78, 5) is 6.35. The molecule has 2 rings (SSSR count). The Morgan fingerprint density at radius 3 is 2.90 bits per heavy atom. The predicted molar refractivity (Wildman–Crippen MR) is 84.3 cm³/mol. The van der Waals surface area contributed by atoms with Crippen LogP contribution in [0, 0.1) is 0 Å². The summed E-state index contributed by atoms with van der Waals surface area (Å²) in [5.74, 6) is 0.463. The van der Waals surface area contributed by atoms with Gasteiger partial charge in [0.05, 0.1) is 5.02 Å². The Morgan fingerprint density at radius 1 is 1.52 bits per heavy atom. The summed E-state index contributed by atoms with van der Waals surface area (Å²) in [5, 5.41) is 3.09. The number of anilines is 1. The molecule has 0 spiro atoms. The summed E-state index contributed by atoms with van der Waals surface area (Å²) in [6.07, 6.45) is 3.17. The third-order valence-corrected chi connectivity index (χ3v) is 5.41. The Labute approximate surface area is 130 Å². The van der Waals surface area contributed by atoms with Crippen LogP contribution in [0.4, 0.5) is 5.82 Å². The van der Waals surface area contributed by atoms with Gasteiger partial charge in [0.1, 0.15) is 10.7 Å². The van der Waals surface area contributed by atoms with Crippen LogP contribution in [0.1, 0.15) is 19.8 Å². The molecular weight excluding hydrogens is 312 g/mol. The van der Waals surface area contributed by atoms with Gasteiger partial charge in [0.15, 0.2) is 0 Å². The number of rotatable bonds is 5. The zero-order valence-corrected chi connectivity index (χ0v) is 13.8. The number of sulfonamides is 1. The van der Waals surface area contributed by atoms with Gasteiger partial charge in [-0.2, -0.15) is 0 Å². The Balaban J connectivity index is 2.13. The van der Waals surface area contributed by atoms with E-state index in [0.29, 0.717) is 10.8 Å². The highest BCUT2D eigenvalue weighted by Gasteiger charge is 2.25. The lowest BCUT2D eigenvalue weighted by Crippen LogP contribution is -2.47. The lowest BCUT2D eigenvalue weighted by atomic mass is 10.1. The average molecular weight is 333 g/mol. The third kappa shape index (κ3) is 4.06. The Hall–Kier alpha value is -0.890. The first kappa shape index (κ1) is 16.5. The number of likely N-dealkylation sites (N-methyl/N-ethyl adjacent to an activating group) is 1. The molecule has 1 aliphatic heterocycles. The van der Waals surface area contributed by atoms with Gasteiger partial charge < -0.3 is 10.2 Å². The predicted octanol–water partition coefficient (Wildman–Crippen LogP) is 1.54. The molecule has 2 heterocycles. The fourth-order valence-corrected chi connectivity index (χ4v) is 4.03. The Bertz CT molecular complexity index is 594. The van der Waals surface area contributed by atoms with E-state index in [1.165, 1.54) is 12.3 Å². The summed E-state index contributed by atoms with van der Waals surface area (Å²) in [5.41, 5.74) is 0. The Morgan fingerprint density at radius 2 is 2.29 bits per heavy atom. The molecule has 6 nitrogen and oxygen atoms in total. The summed E-state index contributed by atoms with van der Waals surface area (Å²) in [6.45, 7) is 4.78. The second-order valence-electron chi connectivity index (χ2n) is 5.11. The zero-order chi connectivity index (χ0) is 15.5. The van der Waals surface area contributed by atoms with Gasteiger partial charge in [-0.3, -0.25) is 0 Å². The van der Waals surface area contributed by atoms with Gasteiger partial charge in [-0.05, 0) is 32.0 Å². The minimum absolute atomic E-state index is 0.0635. The molecule has 1 aromatic heterocycles. The topological polar surface area (TPSA) is 74.3 Å². The van der Waals surface area contributed by atoms with Gasteiger partial charge in [0.2, 0.25) is 10.0 Å². The van der Waals surface area contributed by atoms with Crippen molar-refractivity contribution in [1.29, 1.82) is 0 Å². The molecule has 21 heavy (non-hydrogen) atoms. The molecule has 1 saturated heterocycles. The molecular formula is C13H21ClN4O2S. The lowest BCUT2D eigenvalue weighted by molar-refractivity contribution is 0.211. The number of likely N-dealkylation sites (tertiary alicyclic amines) is 1. The molecule has 0 aliphatic carbocycles. The summed E-state index contributed by atoms with van der Waals surface area (Å²) < 4.78 is 27.5. The molecule has 1 aliphatic rings. The SMILES string of the molecule is CCN1CCCC(NS(=O)(=O)c2cnc(NC)c(Cl)c2)C1. The van der Waals surface area contributed by atoms with Gasteiger partial charge >= 0.3 is 0 Å². The number of hydrogen-bond acceptors (Lipinski definition) is 5. The van der Waals surface area contributed by atoms with Crippen molar-refractivity contribution in [2.75, 3.05) is 32.0 Å². The number of nitrogens with one attached hydrogen (secondary N) is 2.